The highest BCUT2D eigenvalue weighted by Gasteiger charge is 2.42. The average molecular weight is 507 g/mol. The lowest BCUT2D eigenvalue weighted by atomic mass is 10.0. The first-order valence-electron chi connectivity index (χ1n) is 11.3. The van der Waals surface area contributed by atoms with Gasteiger partial charge in [-0.2, -0.15) is 0 Å². The van der Waals surface area contributed by atoms with Crippen LogP contribution in [0.5, 0.6) is 5.75 Å². The number of halogens is 2. The summed E-state index contributed by atoms with van der Waals surface area (Å²) in [5, 5.41) is 4.13. The van der Waals surface area contributed by atoms with E-state index < -0.39 is 5.82 Å². The van der Waals surface area contributed by atoms with E-state index in [0.29, 0.717) is 5.11 Å². The lowest BCUT2D eigenvalue weighted by Crippen LogP contribution is -2.30. The Morgan fingerprint density at radius 1 is 1.03 bits per heavy atom. The standard InChI is InChI=1S/C27H24ClFN4OS/c1-17(2)34-20-11-8-18(9-12-20)33-26(25(31-27(33)35)23-6-3-4-14-30-23)24-7-5-15-32(24)19-10-13-22(29)21(28)16-19/h3-17,25-26H,1-2H3,(H,31,35)/t25-,26+/m0/s1. The van der Waals surface area contributed by atoms with Gasteiger partial charge in [0.2, 0.25) is 0 Å². The third kappa shape index (κ3) is 4.61. The smallest absolute Gasteiger partial charge is 0.174 e. The number of hydrogen-bond donors (Lipinski definition) is 1. The fourth-order valence-corrected chi connectivity index (χ4v) is 4.92. The molecule has 1 fully saturated rings. The van der Waals surface area contributed by atoms with E-state index >= 15 is 0 Å². The summed E-state index contributed by atoms with van der Waals surface area (Å²) < 4.78 is 21.7. The summed E-state index contributed by atoms with van der Waals surface area (Å²) in [6.07, 6.45) is 3.80. The molecule has 0 amide bonds. The Balaban J connectivity index is 1.61. The van der Waals surface area contributed by atoms with Crippen LogP contribution in [-0.4, -0.2) is 20.8 Å². The Bertz CT molecular complexity index is 1340. The molecule has 3 heterocycles. The predicted molar refractivity (Wildman–Crippen MR) is 141 cm³/mol. The van der Waals surface area contributed by atoms with Gasteiger partial charge in [0.25, 0.3) is 0 Å². The second-order valence-corrected chi connectivity index (χ2v) is 9.35. The Hall–Kier alpha value is -3.42. The molecule has 2 aromatic carbocycles. The van der Waals surface area contributed by atoms with E-state index in [1.54, 1.807) is 18.3 Å². The third-order valence-electron chi connectivity index (χ3n) is 5.85. The number of nitrogens with one attached hydrogen (secondary N) is 1. The highest BCUT2D eigenvalue weighted by atomic mass is 35.5. The average Bonchev–Trinajstić information content (AvgIpc) is 3.46. The van der Waals surface area contributed by atoms with Gasteiger partial charge in [-0.3, -0.25) is 4.98 Å². The normalized spacial score (nSPS) is 17.6. The van der Waals surface area contributed by atoms with Crippen molar-refractivity contribution in [3.05, 3.63) is 107 Å². The quantitative estimate of drug-likeness (QED) is 0.297. The van der Waals surface area contributed by atoms with Crippen LogP contribution in [0.4, 0.5) is 10.1 Å². The molecule has 1 aliphatic rings. The molecule has 5 nitrogen and oxygen atoms in total. The molecule has 4 aromatic rings. The number of thiocarbonyl (C=S) groups is 1. The van der Waals surface area contributed by atoms with Gasteiger partial charge < -0.3 is 19.5 Å². The van der Waals surface area contributed by atoms with Crippen LogP contribution in [0.3, 0.4) is 0 Å². The number of nitrogens with zero attached hydrogens (tertiary/aromatic N) is 3. The number of anilines is 1. The molecule has 0 aliphatic carbocycles. The van der Waals surface area contributed by atoms with Crippen molar-refractivity contribution in [1.29, 1.82) is 0 Å². The van der Waals surface area contributed by atoms with E-state index in [2.05, 4.69) is 15.2 Å². The fourth-order valence-electron chi connectivity index (χ4n) is 4.40. The van der Waals surface area contributed by atoms with Crippen LogP contribution in [-0.2, 0) is 0 Å². The summed E-state index contributed by atoms with van der Waals surface area (Å²) in [5.41, 5.74) is 3.51. The second kappa shape index (κ2) is 9.68. The zero-order valence-electron chi connectivity index (χ0n) is 19.2. The first-order chi connectivity index (χ1) is 16.9. The van der Waals surface area contributed by atoms with E-state index in [1.807, 2.05) is 79.2 Å². The van der Waals surface area contributed by atoms with Crippen LogP contribution < -0.4 is 15.0 Å². The molecule has 178 valence electrons. The molecule has 2 atom stereocenters. The van der Waals surface area contributed by atoms with Gasteiger partial charge in [-0.15, -0.1) is 0 Å². The highest BCUT2D eigenvalue weighted by molar-refractivity contribution is 7.80. The Morgan fingerprint density at radius 2 is 1.80 bits per heavy atom. The molecule has 1 aliphatic heterocycles. The number of hydrogen-bond acceptors (Lipinski definition) is 3. The fraction of sp³-hybridized carbons (Fsp3) is 0.185. The Labute approximate surface area is 214 Å². The van der Waals surface area contributed by atoms with Crippen molar-refractivity contribution in [2.45, 2.75) is 32.0 Å². The van der Waals surface area contributed by atoms with Crippen molar-refractivity contribution >= 4 is 34.6 Å². The maximum atomic E-state index is 13.9. The van der Waals surface area contributed by atoms with Crippen molar-refractivity contribution in [1.82, 2.24) is 14.9 Å². The number of pyridine rings is 1. The molecule has 0 spiro atoms. The Morgan fingerprint density at radius 3 is 2.49 bits per heavy atom. The van der Waals surface area contributed by atoms with E-state index in [9.17, 15) is 4.39 Å². The molecule has 1 N–H and O–H groups in total. The molecule has 0 unspecified atom stereocenters. The molecule has 2 aromatic heterocycles. The monoisotopic (exact) mass is 506 g/mol. The van der Waals surface area contributed by atoms with Gasteiger partial charge in [0.1, 0.15) is 17.6 Å². The molecule has 0 bridgehead atoms. The molecule has 1 saturated heterocycles. The van der Waals surface area contributed by atoms with Gasteiger partial charge >= 0.3 is 0 Å². The zero-order valence-corrected chi connectivity index (χ0v) is 20.8. The molecule has 5 rings (SSSR count). The lowest BCUT2D eigenvalue weighted by molar-refractivity contribution is 0.242. The maximum Gasteiger partial charge on any atom is 0.174 e. The number of ether oxygens (including phenoxy) is 1. The number of aromatic nitrogens is 2. The van der Waals surface area contributed by atoms with Gasteiger partial charge in [-0.1, -0.05) is 17.7 Å². The van der Waals surface area contributed by atoms with Gasteiger partial charge in [-0.05, 0) is 92.8 Å². The van der Waals surface area contributed by atoms with Crippen LogP contribution in [0, 0.1) is 5.82 Å². The molecule has 8 heteroatoms. The van der Waals surface area contributed by atoms with E-state index in [-0.39, 0.29) is 23.2 Å². The van der Waals surface area contributed by atoms with Gasteiger partial charge in [0.05, 0.1) is 22.9 Å². The summed E-state index contributed by atoms with van der Waals surface area (Å²) >= 11 is 11.9. The zero-order chi connectivity index (χ0) is 24.5. The van der Waals surface area contributed by atoms with E-state index in [4.69, 9.17) is 28.6 Å². The van der Waals surface area contributed by atoms with Crippen molar-refractivity contribution in [3.63, 3.8) is 0 Å². The molecule has 35 heavy (non-hydrogen) atoms. The van der Waals surface area contributed by atoms with Gasteiger partial charge in [-0.25, -0.2) is 4.39 Å². The number of rotatable bonds is 6. The molecule has 0 radical (unpaired) electrons. The summed E-state index contributed by atoms with van der Waals surface area (Å²) in [4.78, 5) is 6.70. The predicted octanol–water partition coefficient (Wildman–Crippen LogP) is 6.63. The maximum absolute atomic E-state index is 13.9. The SMILES string of the molecule is CC(C)Oc1ccc(N2C(=S)N[C@@H](c3ccccn3)[C@H]2c2cccn2-c2ccc(F)c(Cl)c2)cc1. The minimum absolute atomic E-state index is 0.0705. The van der Waals surface area contributed by atoms with Crippen LogP contribution in [0.15, 0.2) is 85.2 Å². The van der Waals surface area contributed by atoms with Crippen molar-refractivity contribution in [2.75, 3.05) is 4.90 Å². The summed E-state index contributed by atoms with van der Waals surface area (Å²) in [5.74, 6) is 0.341. The van der Waals surface area contributed by atoms with Gasteiger partial charge in [0, 0.05) is 29.5 Å². The van der Waals surface area contributed by atoms with E-state index in [1.165, 1.54) is 6.07 Å². The second-order valence-electron chi connectivity index (χ2n) is 8.56. The summed E-state index contributed by atoms with van der Waals surface area (Å²) in [6.45, 7) is 3.99. The van der Waals surface area contributed by atoms with Crippen molar-refractivity contribution in [2.24, 2.45) is 0 Å². The lowest BCUT2D eigenvalue weighted by Gasteiger charge is -2.29. The minimum Gasteiger partial charge on any atom is -0.491 e. The van der Waals surface area contributed by atoms with Crippen LogP contribution in [0.2, 0.25) is 5.02 Å². The largest absolute Gasteiger partial charge is 0.491 e. The van der Waals surface area contributed by atoms with Gasteiger partial charge in [0.15, 0.2) is 5.11 Å². The first kappa shape index (κ1) is 23.3. The summed E-state index contributed by atoms with van der Waals surface area (Å²) in [6, 6.07) is 22.0. The van der Waals surface area contributed by atoms with Crippen LogP contribution >= 0.6 is 23.8 Å². The van der Waals surface area contributed by atoms with Crippen molar-refractivity contribution < 1.29 is 9.13 Å². The summed E-state index contributed by atoms with van der Waals surface area (Å²) in [7, 11) is 0. The van der Waals surface area contributed by atoms with Crippen LogP contribution in [0.1, 0.15) is 37.3 Å². The topological polar surface area (TPSA) is 42.3 Å². The molecule has 0 saturated carbocycles. The van der Waals surface area contributed by atoms with Crippen LogP contribution in [0.25, 0.3) is 5.69 Å². The van der Waals surface area contributed by atoms with E-state index in [0.717, 1.165) is 28.5 Å². The molecular weight excluding hydrogens is 483 g/mol. The molecular formula is C27H24ClFN4OS. The first-order valence-corrected chi connectivity index (χ1v) is 12.1. The third-order valence-corrected chi connectivity index (χ3v) is 6.45. The number of benzene rings is 2. The van der Waals surface area contributed by atoms with Crippen molar-refractivity contribution in [3.8, 4) is 11.4 Å². The Kier molecular flexibility index (Phi) is 6.45. The minimum atomic E-state index is -0.454. The highest BCUT2D eigenvalue weighted by Crippen LogP contribution is 2.42.